The summed E-state index contributed by atoms with van der Waals surface area (Å²) >= 11 is 0. The molecule has 0 radical (unpaired) electrons. The largest absolute Gasteiger partial charge is 0.494 e. The maximum atomic E-state index is 13.8. The molecule has 1 aromatic carbocycles. The maximum Gasteiger partial charge on any atom is 0.321 e. The average Bonchev–Trinajstić information content (AvgIpc) is 3.19. The molecule has 0 spiro atoms. The number of aryl methyl sites for hydroxylation is 2. The predicted octanol–water partition coefficient (Wildman–Crippen LogP) is 2.90. The number of hydrogen-bond donors (Lipinski definition) is 1. The van der Waals surface area contributed by atoms with Crippen molar-refractivity contribution in [2.75, 3.05) is 25.5 Å². The first-order valence-electron chi connectivity index (χ1n) is 7.86. The molecule has 1 fully saturated rings. The minimum atomic E-state index is -0.493. The van der Waals surface area contributed by atoms with Crippen LogP contribution in [0.2, 0.25) is 0 Å². The van der Waals surface area contributed by atoms with Crippen LogP contribution in [-0.2, 0) is 7.05 Å². The molecule has 1 atom stereocenters. The number of methoxy groups -OCH3 is 1. The van der Waals surface area contributed by atoms with E-state index in [1.54, 1.807) is 22.6 Å². The topological polar surface area (TPSA) is 59.4 Å². The van der Waals surface area contributed by atoms with E-state index in [1.807, 2.05) is 19.4 Å². The number of ether oxygens (including phenoxy) is 1. The molecule has 1 aliphatic rings. The average molecular weight is 332 g/mol. The smallest absolute Gasteiger partial charge is 0.321 e. The molecule has 0 saturated carbocycles. The van der Waals surface area contributed by atoms with E-state index in [-0.39, 0.29) is 17.7 Å². The van der Waals surface area contributed by atoms with Crippen LogP contribution in [0.1, 0.15) is 23.5 Å². The fourth-order valence-electron chi connectivity index (χ4n) is 3.01. The van der Waals surface area contributed by atoms with Gasteiger partial charge in [0, 0.05) is 44.0 Å². The van der Waals surface area contributed by atoms with Crippen LogP contribution in [0.25, 0.3) is 0 Å². The van der Waals surface area contributed by atoms with Crippen LogP contribution in [0.15, 0.2) is 24.5 Å². The van der Waals surface area contributed by atoms with Gasteiger partial charge in [0.25, 0.3) is 0 Å². The number of rotatable bonds is 3. The third-order valence-electron chi connectivity index (χ3n) is 4.41. The van der Waals surface area contributed by atoms with Crippen molar-refractivity contribution < 1.29 is 13.9 Å². The van der Waals surface area contributed by atoms with Gasteiger partial charge in [-0.25, -0.2) is 9.18 Å². The molecule has 3 rings (SSSR count). The number of amides is 2. The molecule has 1 saturated heterocycles. The third-order valence-corrected chi connectivity index (χ3v) is 4.41. The molecular weight excluding hydrogens is 311 g/mol. The Kier molecular flexibility index (Phi) is 4.42. The number of likely N-dealkylation sites (tertiary alicyclic amines) is 1. The molecule has 0 bridgehead atoms. The van der Waals surface area contributed by atoms with Gasteiger partial charge in [-0.1, -0.05) is 0 Å². The van der Waals surface area contributed by atoms with Gasteiger partial charge >= 0.3 is 6.03 Å². The summed E-state index contributed by atoms with van der Waals surface area (Å²) in [7, 11) is 3.29. The van der Waals surface area contributed by atoms with Crippen molar-refractivity contribution in [3.05, 3.63) is 41.5 Å². The van der Waals surface area contributed by atoms with Crippen molar-refractivity contribution in [3.63, 3.8) is 0 Å². The van der Waals surface area contributed by atoms with E-state index in [9.17, 15) is 9.18 Å². The highest BCUT2D eigenvalue weighted by molar-refractivity contribution is 5.90. The second kappa shape index (κ2) is 6.51. The maximum absolute atomic E-state index is 13.8. The lowest BCUT2D eigenvalue weighted by molar-refractivity contribution is 0.222. The van der Waals surface area contributed by atoms with Crippen LogP contribution in [0.3, 0.4) is 0 Å². The van der Waals surface area contributed by atoms with Crippen molar-refractivity contribution in [2.24, 2.45) is 7.05 Å². The van der Waals surface area contributed by atoms with Crippen molar-refractivity contribution in [1.82, 2.24) is 14.7 Å². The first-order valence-corrected chi connectivity index (χ1v) is 7.86. The quantitative estimate of drug-likeness (QED) is 0.940. The summed E-state index contributed by atoms with van der Waals surface area (Å²) in [5.41, 5.74) is 2.35. The zero-order chi connectivity index (χ0) is 17.3. The minimum absolute atomic E-state index is 0.170. The molecule has 24 heavy (non-hydrogen) atoms. The first-order chi connectivity index (χ1) is 11.5. The molecule has 128 valence electrons. The van der Waals surface area contributed by atoms with Gasteiger partial charge in [0.05, 0.1) is 13.3 Å². The number of carbonyl (C=O) groups excluding carboxylic acids is 1. The number of nitrogens with one attached hydrogen (secondary N) is 1. The molecule has 0 aliphatic carbocycles. The van der Waals surface area contributed by atoms with Gasteiger partial charge in [0.1, 0.15) is 0 Å². The second-order valence-corrected chi connectivity index (χ2v) is 6.11. The molecule has 7 heteroatoms. The summed E-state index contributed by atoms with van der Waals surface area (Å²) in [5.74, 6) is -0.0329. The summed E-state index contributed by atoms with van der Waals surface area (Å²) in [4.78, 5) is 14.2. The highest BCUT2D eigenvalue weighted by atomic mass is 19.1. The van der Waals surface area contributed by atoms with E-state index in [0.717, 1.165) is 17.5 Å². The number of anilines is 1. The second-order valence-electron chi connectivity index (χ2n) is 6.11. The molecular formula is C17H21FN4O2. The predicted molar refractivity (Wildman–Crippen MR) is 88.8 cm³/mol. The lowest BCUT2D eigenvalue weighted by Gasteiger charge is -2.18. The Morgan fingerprint density at radius 3 is 2.92 bits per heavy atom. The fourth-order valence-corrected chi connectivity index (χ4v) is 3.01. The van der Waals surface area contributed by atoms with E-state index in [4.69, 9.17) is 4.74 Å². The van der Waals surface area contributed by atoms with Gasteiger partial charge in [0.15, 0.2) is 11.6 Å². The van der Waals surface area contributed by atoms with Gasteiger partial charge in [0.2, 0.25) is 0 Å². The summed E-state index contributed by atoms with van der Waals surface area (Å²) in [6, 6.07) is 2.66. The van der Waals surface area contributed by atoms with Crippen molar-refractivity contribution in [3.8, 4) is 5.75 Å². The van der Waals surface area contributed by atoms with Gasteiger partial charge in [-0.3, -0.25) is 4.68 Å². The van der Waals surface area contributed by atoms with E-state index in [1.165, 1.54) is 13.2 Å². The van der Waals surface area contributed by atoms with Crippen LogP contribution in [-0.4, -0.2) is 40.9 Å². The summed E-state index contributed by atoms with van der Waals surface area (Å²) in [6.07, 6.45) is 4.72. The molecule has 1 aromatic heterocycles. The summed E-state index contributed by atoms with van der Waals surface area (Å²) in [6.45, 7) is 3.11. The number of aromatic nitrogens is 2. The van der Waals surface area contributed by atoms with E-state index >= 15 is 0 Å². The Morgan fingerprint density at radius 2 is 2.25 bits per heavy atom. The summed E-state index contributed by atoms with van der Waals surface area (Å²) in [5, 5.41) is 6.97. The summed E-state index contributed by atoms with van der Waals surface area (Å²) < 4.78 is 20.6. The first kappa shape index (κ1) is 16.3. The number of halogens is 1. The van der Waals surface area contributed by atoms with Crippen LogP contribution in [0.4, 0.5) is 14.9 Å². The zero-order valence-corrected chi connectivity index (χ0v) is 14.0. The Morgan fingerprint density at radius 1 is 1.46 bits per heavy atom. The van der Waals surface area contributed by atoms with Crippen LogP contribution in [0, 0.1) is 12.7 Å². The van der Waals surface area contributed by atoms with Gasteiger partial charge < -0.3 is 15.0 Å². The van der Waals surface area contributed by atoms with Gasteiger partial charge in [-0.15, -0.1) is 0 Å². The highest BCUT2D eigenvalue weighted by Crippen LogP contribution is 2.29. The lowest BCUT2D eigenvalue weighted by atomic mass is 10.0. The van der Waals surface area contributed by atoms with Crippen molar-refractivity contribution in [2.45, 2.75) is 19.3 Å². The van der Waals surface area contributed by atoms with E-state index in [2.05, 4.69) is 10.4 Å². The lowest BCUT2D eigenvalue weighted by Crippen LogP contribution is -2.33. The van der Waals surface area contributed by atoms with E-state index < -0.39 is 5.82 Å². The third kappa shape index (κ3) is 3.20. The molecule has 1 unspecified atom stereocenters. The minimum Gasteiger partial charge on any atom is -0.494 e. The molecule has 2 heterocycles. The van der Waals surface area contributed by atoms with E-state index in [0.29, 0.717) is 18.8 Å². The highest BCUT2D eigenvalue weighted by Gasteiger charge is 2.28. The molecule has 2 amide bonds. The Labute approximate surface area is 140 Å². The number of urea groups is 1. The number of nitrogens with zero attached hydrogens (tertiary/aromatic N) is 3. The molecule has 1 aliphatic heterocycles. The number of benzene rings is 1. The van der Waals surface area contributed by atoms with Crippen LogP contribution in [0.5, 0.6) is 5.75 Å². The standard InChI is InChI=1S/C17H21FN4O2/c1-11-6-16(24-3)14(18)7-15(11)20-17(23)22-5-4-12(10-22)13-8-19-21(2)9-13/h6-9,12H,4-5,10H2,1-3H3,(H,20,23). The van der Waals surface area contributed by atoms with Crippen LogP contribution < -0.4 is 10.1 Å². The van der Waals surface area contributed by atoms with Crippen molar-refractivity contribution >= 4 is 11.7 Å². The monoisotopic (exact) mass is 332 g/mol. The Hall–Kier alpha value is -2.57. The van der Waals surface area contributed by atoms with Gasteiger partial charge in [-0.2, -0.15) is 5.10 Å². The molecule has 2 aromatic rings. The molecule has 6 nitrogen and oxygen atoms in total. The number of hydrogen-bond acceptors (Lipinski definition) is 3. The zero-order valence-electron chi connectivity index (χ0n) is 14.0. The normalized spacial score (nSPS) is 17.2. The SMILES string of the molecule is COc1cc(C)c(NC(=O)N2CCC(c3cnn(C)c3)C2)cc1F. The Balaban J connectivity index is 1.67. The fraction of sp³-hybridized carbons (Fsp3) is 0.412. The van der Waals surface area contributed by atoms with Gasteiger partial charge in [-0.05, 0) is 30.5 Å². The molecule has 1 N–H and O–H groups in total. The Bertz CT molecular complexity index is 759. The van der Waals surface area contributed by atoms with Crippen molar-refractivity contribution in [1.29, 1.82) is 0 Å². The van der Waals surface area contributed by atoms with Crippen LogP contribution >= 0.6 is 0 Å². The number of carbonyl (C=O) groups is 1.